The first kappa shape index (κ1) is 16.6. The van der Waals surface area contributed by atoms with Crippen molar-refractivity contribution < 1.29 is 17.5 Å². The summed E-state index contributed by atoms with van der Waals surface area (Å²) in [6.07, 6.45) is 1.19. The quantitative estimate of drug-likeness (QED) is 0.487. The van der Waals surface area contributed by atoms with Crippen LogP contribution in [-0.4, -0.2) is 35.6 Å². The highest BCUT2D eigenvalue weighted by molar-refractivity contribution is 9.10. The molecular weight excluding hydrogens is 354 g/mol. The number of fused-ring (bicyclic) bond motifs is 1. The third kappa shape index (κ3) is 3.55. The molecule has 0 spiro atoms. The Morgan fingerprint density at radius 2 is 1.95 bits per heavy atom. The minimum atomic E-state index is -3.85. The molecule has 0 atom stereocenters. The maximum Gasteiger partial charge on any atom is 0.264 e. The molecule has 4 nitrogen and oxygen atoms in total. The van der Waals surface area contributed by atoms with Crippen LogP contribution in [-0.2, 0) is 15.5 Å². The van der Waals surface area contributed by atoms with Gasteiger partial charge in [0.25, 0.3) is 10.1 Å². The third-order valence-electron chi connectivity index (χ3n) is 4.27. The fraction of sp³-hybridized carbons (Fsp3) is 0.533. The van der Waals surface area contributed by atoms with Gasteiger partial charge >= 0.3 is 0 Å². The van der Waals surface area contributed by atoms with Crippen LogP contribution < -0.4 is 0 Å². The van der Waals surface area contributed by atoms with Crippen LogP contribution in [0.15, 0.2) is 22.7 Å². The van der Waals surface area contributed by atoms with Crippen molar-refractivity contribution in [1.82, 2.24) is 0 Å². The summed E-state index contributed by atoms with van der Waals surface area (Å²) in [6, 6.07) is 6.27. The monoisotopic (exact) mass is 374 g/mol. The second-order valence-corrected chi connectivity index (χ2v) is 8.50. The number of nitrogens with zero attached hydrogens (tertiary/aromatic N) is 1. The van der Waals surface area contributed by atoms with Gasteiger partial charge in [-0.1, -0.05) is 15.9 Å². The van der Waals surface area contributed by atoms with Crippen LogP contribution in [0.5, 0.6) is 0 Å². The van der Waals surface area contributed by atoms with E-state index < -0.39 is 10.1 Å². The Kier molecular flexibility index (Phi) is 4.61. The summed E-state index contributed by atoms with van der Waals surface area (Å²) < 4.78 is 33.6. The van der Waals surface area contributed by atoms with Crippen LogP contribution in [0.3, 0.4) is 0 Å². The molecule has 0 aromatic heterocycles. The predicted octanol–water partition coefficient (Wildman–Crippen LogP) is 3.51. The molecule has 1 aromatic rings. The Hall–Kier alpha value is -0.720. The van der Waals surface area contributed by atoms with E-state index in [-0.39, 0.29) is 11.2 Å². The number of unbranched alkanes of at least 4 members (excludes halogenated alkanes) is 1. The molecule has 21 heavy (non-hydrogen) atoms. The van der Waals surface area contributed by atoms with E-state index in [2.05, 4.69) is 53.4 Å². The SMILES string of the molecule is CC1=[N+](CCCCS(=O)(=O)O)c2ccc(Br)cc2C1(C)C. The molecule has 1 heterocycles. The van der Waals surface area contributed by atoms with Gasteiger partial charge in [-0.15, -0.1) is 0 Å². The van der Waals surface area contributed by atoms with Crippen molar-refractivity contribution >= 4 is 37.4 Å². The highest BCUT2D eigenvalue weighted by Gasteiger charge is 2.42. The minimum absolute atomic E-state index is 0.0256. The van der Waals surface area contributed by atoms with Crippen LogP contribution in [0.2, 0.25) is 0 Å². The summed E-state index contributed by atoms with van der Waals surface area (Å²) >= 11 is 3.52. The van der Waals surface area contributed by atoms with E-state index in [0.29, 0.717) is 6.42 Å². The van der Waals surface area contributed by atoms with Crippen molar-refractivity contribution in [3.05, 3.63) is 28.2 Å². The van der Waals surface area contributed by atoms with Gasteiger partial charge in [0.1, 0.15) is 6.54 Å². The second kappa shape index (κ2) is 5.82. The van der Waals surface area contributed by atoms with E-state index >= 15 is 0 Å². The topological polar surface area (TPSA) is 57.4 Å². The molecule has 116 valence electrons. The van der Waals surface area contributed by atoms with E-state index in [1.807, 2.05) is 6.07 Å². The van der Waals surface area contributed by atoms with Crippen LogP contribution in [0, 0.1) is 0 Å². The van der Waals surface area contributed by atoms with Crippen molar-refractivity contribution in [3.8, 4) is 0 Å². The Morgan fingerprint density at radius 1 is 1.29 bits per heavy atom. The summed E-state index contributed by atoms with van der Waals surface area (Å²) in [5.41, 5.74) is 3.71. The van der Waals surface area contributed by atoms with Gasteiger partial charge in [-0.25, -0.2) is 0 Å². The first-order valence-corrected chi connectivity index (χ1v) is 9.40. The Labute approximate surface area is 134 Å². The van der Waals surface area contributed by atoms with Crippen molar-refractivity contribution in [3.63, 3.8) is 0 Å². The van der Waals surface area contributed by atoms with Gasteiger partial charge in [-0.05, 0) is 32.4 Å². The molecule has 0 aliphatic carbocycles. The zero-order chi connectivity index (χ0) is 15.8. The molecule has 0 saturated heterocycles. The van der Waals surface area contributed by atoms with Crippen molar-refractivity contribution in [1.29, 1.82) is 0 Å². The Morgan fingerprint density at radius 3 is 2.57 bits per heavy atom. The van der Waals surface area contributed by atoms with Crippen LogP contribution in [0.25, 0.3) is 0 Å². The summed E-state index contributed by atoms with van der Waals surface area (Å²) in [4.78, 5) is 0. The molecule has 0 fully saturated rings. The van der Waals surface area contributed by atoms with E-state index in [0.717, 1.165) is 17.4 Å². The molecule has 2 rings (SSSR count). The smallest absolute Gasteiger partial charge is 0.264 e. The number of halogens is 1. The molecule has 1 aromatic carbocycles. The first-order valence-electron chi connectivity index (χ1n) is 7.00. The van der Waals surface area contributed by atoms with E-state index in [9.17, 15) is 8.42 Å². The van der Waals surface area contributed by atoms with Gasteiger partial charge in [0.05, 0.1) is 11.2 Å². The van der Waals surface area contributed by atoms with Crippen LogP contribution >= 0.6 is 15.9 Å². The summed E-state index contributed by atoms with van der Waals surface area (Å²) in [5, 5.41) is 0. The molecule has 0 radical (unpaired) electrons. The third-order valence-corrected chi connectivity index (χ3v) is 5.56. The normalized spacial score (nSPS) is 17.2. The highest BCUT2D eigenvalue weighted by Crippen LogP contribution is 2.40. The number of hydrogen-bond acceptors (Lipinski definition) is 2. The molecule has 0 bridgehead atoms. The zero-order valence-corrected chi connectivity index (χ0v) is 15.0. The maximum absolute atomic E-state index is 10.8. The molecule has 0 saturated carbocycles. The molecule has 1 aliphatic heterocycles. The zero-order valence-electron chi connectivity index (χ0n) is 12.6. The lowest BCUT2D eigenvalue weighted by atomic mass is 9.82. The summed E-state index contributed by atoms with van der Waals surface area (Å²) in [7, 11) is -3.85. The average Bonchev–Trinajstić information content (AvgIpc) is 2.54. The molecular formula is C15H21BrNO3S+. The molecule has 0 unspecified atom stereocenters. The Balaban J connectivity index is 2.18. The summed E-state index contributed by atoms with van der Waals surface area (Å²) in [5.74, 6) is -0.170. The minimum Gasteiger partial charge on any atom is -0.286 e. The van der Waals surface area contributed by atoms with E-state index in [4.69, 9.17) is 4.55 Å². The van der Waals surface area contributed by atoms with Gasteiger partial charge in [0.2, 0.25) is 5.69 Å². The number of benzene rings is 1. The number of rotatable bonds is 5. The number of hydrogen-bond donors (Lipinski definition) is 1. The van der Waals surface area contributed by atoms with E-state index in [1.54, 1.807) is 0 Å². The van der Waals surface area contributed by atoms with Gasteiger partial charge < -0.3 is 0 Å². The fourth-order valence-corrected chi connectivity index (χ4v) is 3.73. The van der Waals surface area contributed by atoms with Gasteiger partial charge in [-0.2, -0.15) is 13.0 Å². The fourth-order valence-electron chi connectivity index (χ4n) is 2.80. The van der Waals surface area contributed by atoms with Gasteiger partial charge in [0.15, 0.2) is 5.71 Å². The van der Waals surface area contributed by atoms with Crippen LogP contribution in [0.4, 0.5) is 5.69 Å². The largest absolute Gasteiger partial charge is 0.286 e. The Bertz CT molecular complexity index is 693. The molecule has 1 N–H and O–H groups in total. The molecule has 6 heteroatoms. The lowest BCUT2D eigenvalue weighted by molar-refractivity contribution is -0.439. The van der Waals surface area contributed by atoms with Crippen molar-refractivity contribution in [2.75, 3.05) is 12.3 Å². The van der Waals surface area contributed by atoms with Crippen LogP contribution in [0.1, 0.15) is 39.2 Å². The highest BCUT2D eigenvalue weighted by atomic mass is 79.9. The first-order chi connectivity index (χ1) is 9.63. The predicted molar refractivity (Wildman–Crippen MR) is 88.3 cm³/mol. The van der Waals surface area contributed by atoms with Gasteiger partial charge in [-0.3, -0.25) is 4.55 Å². The van der Waals surface area contributed by atoms with Crippen molar-refractivity contribution in [2.24, 2.45) is 0 Å². The molecule has 0 amide bonds. The van der Waals surface area contributed by atoms with Crippen molar-refractivity contribution in [2.45, 2.75) is 39.0 Å². The average molecular weight is 375 g/mol. The van der Waals surface area contributed by atoms with Gasteiger partial charge in [0, 0.05) is 29.4 Å². The lowest BCUT2D eigenvalue weighted by Gasteiger charge is -2.14. The van der Waals surface area contributed by atoms with E-state index in [1.165, 1.54) is 17.0 Å². The second-order valence-electron chi connectivity index (χ2n) is 6.02. The standard InChI is InChI=1S/C15H20BrNO3S/c1-11-15(2,3)13-10-12(16)6-7-14(13)17(11)8-4-5-9-21(18,19)20/h6-7,10H,4-5,8-9H2,1-3H3/p+1. The molecule has 1 aliphatic rings. The maximum atomic E-state index is 10.8. The summed E-state index contributed by atoms with van der Waals surface area (Å²) in [6.45, 7) is 7.29. The lowest BCUT2D eigenvalue weighted by Crippen LogP contribution is -2.26.